The number of nitrogens with zero attached hydrogens (tertiary/aromatic N) is 2. The van der Waals surface area contributed by atoms with Gasteiger partial charge in [0.1, 0.15) is 6.17 Å². The number of benzene rings is 1. The van der Waals surface area contributed by atoms with Crippen molar-refractivity contribution in [2.45, 2.75) is 25.2 Å². The van der Waals surface area contributed by atoms with E-state index >= 15 is 0 Å². The molecule has 1 aromatic carbocycles. The molecule has 0 bridgehead atoms. The van der Waals surface area contributed by atoms with Crippen molar-refractivity contribution in [1.82, 2.24) is 26.1 Å². The number of hydrazine groups is 1. The first-order valence-corrected chi connectivity index (χ1v) is 9.36. The lowest BCUT2D eigenvalue weighted by Crippen LogP contribution is -2.53. The van der Waals surface area contributed by atoms with Crippen LogP contribution in [-0.4, -0.2) is 41.6 Å². The Bertz CT molecular complexity index is 933. The molecule has 3 atom stereocenters. The van der Waals surface area contributed by atoms with Crippen LogP contribution < -0.4 is 25.5 Å². The number of rotatable bonds is 4. The van der Waals surface area contributed by atoms with Crippen LogP contribution in [0.5, 0.6) is 11.5 Å². The molecule has 8 heteroatoms. The molecule has 0 radical (unpaired) electrons. The molecule has 4 heterocycles. The van der Waals surface area contributed by atoms with Gasteiger partial charge in [-0.15, -0.1) is 0 Å². The summed E-state index contributed by atoms with van der Waals surface area (Å²) in [6.07, 6.45) is 3.01. The van der Waals surface area contributed by atoms with Gasteiger partial charge in [0.2, 0.25) is 6.79 Å². The lowest BCUT2D eigenvalue weighted by molar-refractivity contribution is -0.131. The Balaban J connectivity index is 1.49. The molecule has 0 aliphatic carbocycles. The summed E-state index contributed by atoms with van der Waals surface area (Å²) >= 11 is 0. The first-order valence-electron chi connectivity index (χ1n) is 9.36. The summed E-state index contributed by atoms with van der Waals surface area (Å²) in [5, 5.41) is 8.57. The summed E-state index contributed by atoms with van der Waals surface area (Å²) in [4.78, 5) is 17.4. The Morgan fingerprint density at radius 2 is 2.14 bits per heavy atom. The van der Waals surface area contributed by atoms with Crippen molar-refractivity contribution in [3.05, 3.63) is 59.9 Å². The van der Waals surface area contributed by atoms with E-state index in [2.05, 4.69) is 21.0 Å². The highest BCUT2D eigenvalue weighted by atomic mass is 16.7. The molecule has 8 nitrogen and oxygen atoms in total. The topological polar surface area (TPSA) is 87.8 Å². The Labute approximate surface area is 162 Å². The number of amides is 1. The monoisotopic (exact) mass is 379 g/mol. The number of likely N-dealkylation sites (N-methyl/N-ethyl adjacent to an activating group) is 1. The fraction of sp³-hybridized carbons (Fsp3) is 0.300. The summed E-state index contributed by atoms with van der Waals surface area (Å²) in [5.41, 5.74) is 5.84. The summed E-state index contributed by atoms with van der Waals surface area (Å²) in [5.74, 6) is 1.25. The van der Waals surface area contributed by atoms with Crippen molar-refractivity contribution in [3.8, 4) is 11.5 Å². The average Bonchev–Trinajstić information content (AvgIpc) is 3.33. The molecule has 1 saturated heterocycles. The lowest BCUT2D eigenvalue weighted by Gasteiger charge is -2.32. The number of hydrogen-bond acceptors (Lipinski definition) is 7. The Hall–Kier alpha value is -3.10. The van der Waals surface area contributed by atoms with E-state index in [0.717, 1.165) is 23.5 Å². The van der Waals surface area contributed by atoms with E-state index in [1.54, 1.807) is 17.3 Å². The Kier molecular flexibility index (Phi) is 4.14. The van der Waals surface area contributed by atoms with E-state index in [4.69, 9.17) is 9.47 Å². The zero-order valence-electron chi connectivity index (χ0n) is 15.4. The SMILES string of the molecule is CCNC1NN2C(=O)C=C(c3ccc4c(c3)OCO4)NC2C1c1ccccn1. The summed E-state index contributed by atoms with van der Waals surface area (Å²) in [6.45, 7) is 3.04. The smallest absolute Gasteiger partial charge is 0.264 e. The molecular weight excluding hydrogens is 358 g/mol. The van der Waals surface area contributed by atoms with Crippen LogP contribution in [0.15, 0.2) is 48.7 Å². The van der Waals surface area contributed by atoms with Gasteiger partial charge in [0, 0.05) is 23.5 Å². The van der Waals surface area contributed by atoms with Gasteiger partial charge in [-0.3, -0.25) is 9.78 Å². The zero-order chi connectivity index (χ0) is 19.1. The van der Waals surface area contributed by atoms with Gasteiger partial charge in [-0.2, -0.15) is 0 Å². The van der Waals surface area contributed by atoms with Crippen molar-refractivity contribution < 1.29 is 14.3 Å². The van der Waals surface area contributed by atoms with E-state index in [9.17, 15) is 4.79 Å². The molecule has 2 aromatic rings. The third kappa shape index (κ3) is 2.78. The molecule has 3 aliphatic heterocycles. The molecule has 144 valence electrons. The number of fused-ring (bicyclic) bond motifs is 2. The van der Waals surface area contributed by atoms with Crippen LogP contribution in [0.3, 0.4) is 0 Å². The number of hydrogen-bond donors (Lipinski definition) is 3. The lowest BCUT2D eigenvalue weighted by atomic mass is 9.97. The van der Waals surface area contributed by atoms with Crippen LogP contribution in [0.1, 0.15) is 24.1 Å². The Morgan fingerprint density at radius 1 is 1.25 bits per heavy atom. The van der Waals surface area contributed by atoms with Crippen molar-refractivity contribution >= 4 is 11.6 Å². The minimum Gasteiger partial charge on any atom is -0.454 e. The van der Waals surface area contributed by atoms with Gasteiger partial charge in [-0.05, 0) is 36.9 Å². The van der Waals surface area contributed by atoms with Gasteiger partial charge in [0.05, 0.1) is 17.8 Å². The van der Waals surface area contributed by atoms with Gasteiger partial charge in [-0.25, -0.2) is 10.4 Å². The Morgan fingerprint density at radius 3 is 2.96 bits per heavy atom. The number of carbonyl (C=O) groups is 1. The van der Waals surface area contributed by atoms with E-state index < -0.39 is 0 Å². The minimum atomic E-state index is -0.267. The first-order chi connectivity index (χ1) is 13.7. The zero-order valence-corrected chi connectivity index (χ0v) is 15.4. The highest BCUT2D eigenvalue weighted by Gasteiger charge is 2.47. The predicted molar refractivity (Wildman–Crippen MR) is 102 cm³/mol. The van der Waals surface area contributed by atoms with E-state index in [1.807, 2.05) is 43.3 Å². The molecule has 1 amide bonds. The first kappa shape index (κ1) is 17.0. The highest BCUT2D eigenvalue weighted by molar-refractivity contribution is 5.97. The van der Waals surface area contributed by atoms with Gasteiger partial charge in [0.15, 0.2) is 11.5 Å². The van der Waals surface area contributed by atoms with Crippen LogP contribution in [0, 0.1) is 0 Å². The molecule has 0 saturated carbocycles. The van der Waals surface area contributed by atoms with E-state index in [0.29, 0.717) is 11.5 Å². The van der Waals surface area contributed by atoms with Gasteiger partial charge >= 0.3 is 0 Å². The van der Waals surface area contributed by atoms with Crippen molar-refractivity contribution in [1.29, 1.82) is 0 Å². The number of pyridine rings is 1. The van der Waals surface area contributed by atoms with E-state index in [1.165, 1.54) is 0 Å². The average molecular weight is 379 g/mol. The maximum atomic E-state index is 12.9. The molecule has 3 aliphatic rings. The normalized spacial score (nSPS) is 25.3. The maximum absolute atomic E-state index is 12.9. The molecule has 5 rings (SSSR count). The van der Waals surface area contributed by atoms with Crippen LogP contribution in [0.25, 0.3) is 5.70 Å². The van der Waals surface area contributed by atoms with Crippen molar-refractivity contribution in [2.75, 3.05) is 13.3 Å². The largest absolute Gasteiger partial charge is 0.454 e. The molecular formula is C20H21N5O3. The molecule has 28 heavy (non-hydrogen) atoms. The second kappa shape index (κ2) is 6.81. The highest BCUT2D eigenvalue weighted by Crippen LogP contribution is 2.37. The number of ether oxygens (including phenoxy) is 2. The van der Waals surface area contributed by atoms with Crippen LogP contribution >= 0.6 is 0 Å². The molecule has 3 N–H and O–H groups in total. The van der Waals surface area contributed by atoms with Crippen LogP contribution in [-0.2, 0) is 4.79 Å². The predicted octanol–water partition coefficient (Wildman–Crippen LogP) is 1.15. The standard InChI is InChI=1S/C20H21N5O3/c1-2-21-19-18(13-5-3-4-8-22-13)20-23-14(10-17(26)25(20)24-19)12-6-7-15-16(9-12)28-11-27-15/h3-10,18-21,23-24H,2,11H2,1H3. The fourth-order valence-electron chi connectivity index (χ4n) is 3.93. The number of nitrogens with one attached hydrogen (secondary N) is 3. The van der Waals surface area contributed by atoms with E-state index in [-0.39, 0.29) is 30.9 Å². The molecule has 0 spiro atoms. The van der Waals surface area contributed by atoms with Crippen LogP contribution in [0.2, 0.25) is 0 Å². The maximum Gasteiger partial charge on any atom is 0.264 e. The van der Waals surface area contributed by atoms with Gasteiger partial charge in [0.25, 0.3) is 5.91 Å². The molecule has 3 unspecified atom stereocenters. The van der Waals surface area contributed by atoms with Crippen molar-refractivity contribution in [3.63, 3.8) is 0 Å². The second-order valence-electron chi connectivity index (χ2n) is 6.87. The number of aromatic nitrogens is 1. The summed E-state index contributed by atoms with van der Waals surface area (Å²) in [6, 6.07) is 11.5. The third-order valence-electron chi connectivity index (χ3n) is 5.20. The quantitative estimate of drug-likeness (QED) is 0.734. The molecule has 1 aromatic heterocycles. The van der Waals surface area contributed by atoms with Gasteiger partial charge in [-0.1, -0.05) is 13.0 Å². The van der Waals surface area contributed by atoms with Crippen molar-refractivity contribution in [2.24, 2.45) is 0 Å². The van der Waals surface area contributed by atoms with Crippen LogP contribution in [0.4, 0.5) is 0 Å². The van der Waals surface area contributed by atoms with Gasteiger partial charge < -0.3 is 20.1 Å². The second-order valence-corrected chi connectivity index (χ2v) is 6.87. The summed E-state index contributed by atoms with van der Waals surface area (Å²) < 4.78 is 10.9. The number of carbonyl (C=O) groups excluding carboxylic acids is 1. The minimum absolute atomic E-state index is 0.0530. The third-order valence-corrected chi connectivity index (χ3v) is 5.20. The fourth-order valence-corrected chi connectivity index (χ4v) is 3.93. The molecule has 1 fully saturated rings. The summed E-state index contributed by atoms with van der Waals surface area (Å²) in [7, 11) is 0.